The van der Waals surface area contributed by atoms with E-state index in [-0.39, 0.29) is 6.61 Å². The van der Waals surface area contributed by atoms with E-state index in [1.54, 1.807) is 0 Å². The van der Waals surface area contributed by atoms with Gasteiger partial charge in [0.05, 0.1) is 12.7 Å². The molecular formula is C18H17NO4. The van der Waals surface area contributed by atoms with Crippen LogP contribution in [0.3, 0.4) is 0 Å². The average molecular weight is 311 g/mol. The Morgan fingerprint density at radius 3 is 2.13 bits per heavy atom. The lowest BCUT2D eigenvalue weighted by molar-refractivity contribution is -0.142. The summed E-state index contributed by atoms with van der Waals surface area (Å²) in [5.74, 6) is -1.21. The standard InChI is InChI=1S/C18H17NO4/c20-13-19-17(18(21)22)16(11-14-7-3-1-4-8-14)23-12-15-9-5-2-6-10-15/h1-10,16-17H,11-12H2,(H,21,22)/t16?,17-/m0/s1. The lowest BCUT2D eigenvalue weighted by Crippen LogP contribution is -2.36. The van der Waals surface area contributed by atoms with E-state index < -0.39 is 18.1 Å². The van der Waals surface area contributed by atoms with Gasteiger partial charge in [0, 0.05) is 6.42 Å². The van der Waals surface area contributed by atoms with Crippen molar-refractivity contribution in [3.8, 4) is 0 Å². The van der Waals surface area contributed by atoms with Crippen LogP contribution in [0.4, 0.5) is 0 Å². The molecule has 2 aromatic carbocycles. The highest BCUT2D eigenvalue weighted by atomic mass is 16.5. The number of aliphatic imine (C=N–C) groups is 1. The van der Waals surface area contributed by atoms with Gasteiger partial charge in [0.1, 0.15) is 0 Å². The molecule has 0 saturated heterocycles. The number of aliphatic carboxylic acids is 1. The van der Waals surface area contributed by atoms with Crippen LogP contribution in [0.1, 0.15) is 11.1 Å². The molecule has 5 nitrogen and oxygen atoms in total. The zero-order valence-corrected chi connectivity index (χ0v) is 12.5. The van der Waals surface area contributed by atoms with Crippen LogP contribution in [-0.4, -0.2) is 29.3 Å². The Hall–Kier alpha value is -2.75. The lowest BCUT2D eigenvalue weighted by Gasteiger charge is -2.21. The average Bonchev–Trinajstić information content (AvgIpc) is 2.58. The van der Waals surface area contributed by atoms with Crippen molar-refractivity contribution in [1.29, 1.82) is 0 Å². The zero-order valence-electron chi connectivity index (χ0n) is 12.5. The minimum absolute atomic E-state index is 0.247. The van der Waals surface area contributed by atoms with E-state index in [0.717, 1.165) is 11.1 Å². The Balaban J connectivity index is 2.15. The van der Waals surface area contributed by atoms with Gasteiger partial charge in [0.2, 0.25) is 6.08 Å². The van der Waals surface area contributed by atoms with Crippen LogP contribution < -0.4 is 0 Å². The topological polar surface area (TPSA) is 76.0 Å². The first-order chi connectivity index (χ1) is 11.2. The van der Waals surface area contributed by atoms with Gasteiger partial charge in [-0.2, -0.15) is 4.99 Å². The third-order valence-electron chi connectivity index (χ3n) is 3.38. The third-order valence-corrected chi connectivity index (χ3v) is 3.38. The smallest absolute Gasteiger partial charge is 0.332 e. The van der Waals surface area contributed by atoms with E-state index in [1.165, 1.54) is 6.08 Å². The summed E-state index contributed by atoms with van der Waals surface area (Å²) in [5.41, 5.74) is 1.84. The fourth-order valence-corrected chi connectivity index (χ4v) is 2.24. The molecule has 1 unspecified atom stereocenters. The Bertz CT molecular complexity index is 664. The summed E-state index contributed by atoms with van der Waals surface area (Å²) in [4.78, 5) is 25.3. The Kier molecular flexibility index (Phi) is 6.24. The van der Waals surface area contributed by atoms with Crippen LogP contribution in [0.5, 0.6) is 0 Å². The van der Waals surface area contributed by atoms with Gasteiger partial charge >= 0.3 is 5.97 Å². The van der Waals surface area contributed by atoms with E-state index in [0.29, 0.717) is 6.42 Å². The second-order valence-corrected chi connectivity index (χ2v) is 5.03. The molecule has 5 heteroatoms. The molecular weight excluding hydrogens is 294 g/mol. The number of isocyanates is 1. The van der Waals surface area contributed by atoms with E-state index in [9.17, 15) is 14.7 Å². The number of nitrogens with zero attached hydrogens (tertiary/aromatic N) is 1. The summed E-state index contributed by atoms with van der Waals surface area (Å²) in [5, 5.41) is 9.30. The van der Waals surface area contributed by atoms with Crippen molar-refractivity contribution in [2.45, 2.75) is 25.2 Å². The van der Waals surface area contributed by atoms with Crippen molar-refractivity contribution < 1.29 is 19.4 Å². The zero-order chi connectivity index (χ0) is 16.5. The number of benzene rings is 2. The van der Waals surface area contributed by atoms with Crippen LogP contribution in [0.25, 0.3) is 0 Å². The van der Waals surface area contributed by atoms with Crippen LogP contribution in [0.2, 0.25) is 0 Å². The molecule has 0 aromatic heterocycles. The summed E-state index contributed by atoms with van der Waals surface area (Å²) in [6.45, 7) is 0.247. The SMILES string of the molecule is O=C=N[C@H](C(=O)O)C(Cc1ccccc1)OCc1ccccc1. The van der Waals surface area contributed by atoms with Crippen molar-refractivity contribution in [1.82, 2.24) is 0 Å². The molecule has 0 bridgehead atoms. The van der Waals surface area contributed by atoms with Gasteiger partial charge in [0.25, 0.3) is 0 Å². The van der Waals surface area contributed by atoms with Gasteiger partial charge in [-0.05, 0) is 11.1 Å². The monoisotopic (exact) mass is 311 g/mol. The molecule has 0 aliphatic rings. The summed E-state index contributed by atoms with van der Waals surface area (Å²) in [6.07, 6.45) is 0.918. The molecule has 0 fully saturated rings. The predicted octanol–water partition coefficient (Wildman–Crippen LogP) is 2.60. The quantitative estimate of drug-likeness (QED) is 0.600. The van der Waals surface area contributed by atoms with Crippen molar-refractivity contribution in [3.05, 3.63) is 71.8 Å². The van der Waals surface area contributed by atoms with Gasteiger partial charge in [0.15, 0.2) is 6.04 Å². The highest BCUT2D eigenvalue weighted by Gasteiger charge is 2.29. The first-order valence-electron chi connectivity index (χ1n) is 7.20. The molecule has 2 aromatic rings. The van der Waals surface area contributed by atoms with E-state index in [4.69, 9.17) is 4.74 Å². The number of hydrogen-bond donors (Lipinski definition) is 1. The van der Waals surface area contributed by atoms with E-state index in [1.807, 2.05) is 60.7 Å². The minimum Gasteiger partial charge on any atom is -0.480 e. The van der Waals surface area contributed by atoms with Crippen LogP contribution >= 0.6 is 0 Å². The summed E-state index contributed by atoms with van der Waals surface area (Å²) in [7, 11) is 0. The first-order valence-corrected chi connectivity index (χ1v) is 7.20. The molecule has 0 heterocycles. The minimum atomic E-state index is -1.28. The number of ether oxygens (including phenoxy) is 1. The molecule has 1 N–H and O–H groups in total. The number of carbonyl (C=O) groups is 1. The Morgan fingerprint density at radius 1 is 1.04 bits per heavy atom. The largest absolute Gasteiger partial charge is 0.480 e. The normalized spacial score (nSPS) is 12.9. The molecule has 0 amide bonds. The summed E-state index contributed by atoms with van der Waals surface area (Å²) >= 11 is 0. The molecule has 2 atom stereocenters. The molecule has 0 spiro atoms. The van der Waals surface area contributed by atoms with Crippen molar-refractivity contribution in [3.63, 3.8) is 0 Å². The van der Waals surface area contributed by atoms with E-state index >= 15 is 0 Å². The molecule has 23 heavy (non-hydrogen) atoms. The maximum Gasteiger partial charge on any atom is 0.332 e. The molecule has 2 rings (SSSR count). The summed E-state index contributed by atoms with van der Waals surface area (Å²) < 4.78 is 5.75. The maximum atomic E-state index is 11.4. The lowest BCUT2D eigenvalue weighted by atomic mass is 10.0. The fraction of sp³-hybridized carbons (Fsp3) is 0.222. The second-order valence-electron chi connectivity index (χ2n) is 5.03. The van der Waals surface area contributed by atoms with Gasteiger partial charge in [-0.15, -0.1) is 0 Å². The molecule has 118 valence electrons. The van der Waals surface area contributed by atoms with Crippen LogP contribution in [0.15, 0.2) is 65.7 Å². The van der Waals surface area contributed by atoms with Crippen LogP contribution in [0, 0.1) is 0 Å². The van der Waals surface area contributed by atoms with Gasteiger partial charge in [-0.1, -0.05) is 60.7 Å². The van der Waals surface area contributed by atoms with Gasteiger partial charge < -0.3 is 9.84 Å². The first kappa shape index (κ1) is 16.6. The van der Waals surface area contributed by atoms with Crippen molar-refractivity contribution >= 4 is 12.0 Å². The predicted molar refractivity (Wildman–Crippen MR) is 84.7 cm³/mol. The number of carboxylic acid groups (broad SMARTS) is 1. The Morgan fingerprint density at radius 2 is 1.61 bits per heavy atom. The highest BCUT2D eigenvalue weighted by molar-refractivity contribution is 5.75. The van der Waals surface area contributed by atoms with Gasteiger partial charge in [-0.3, -0.25) is 0 Å². The highest BCUT2D eigenvalue weighted by Crippen LogP contribution is 2.15. The maximum absolute atomic E-state index is 11.4. The Labute approximate surface area is 134 Å². The summed E-state index contributed by atoms with van der Waals surface area (Å²) in [6, 6.07) is 17.5. The number of hydrogen-bond acceptors (Lipinski definition) is 4. The fourth-order valence-electron chi connectivity index (χ4n) is 2.24. The third kappa shape index (κ3) is 5.18. The molecule has 0 aliphatic carbocycles. The van der Waals surface area contributed by atoms with E-state index in [2.05, 4.69) is 4.99 Å². The number of carboxylic acids is 1. The van der Waals surface area contributed by atoms with Gasteiger partial charge in [-0.25, -0.2) is 9.59 Å². The van der Waals surface area contributed by atoms with Crippen molar-refractivity contribution in [2.75, 3.05) is 0 Å². The molecule has 0 radical (unpaired) electrons. The van der Waals surface area contributed by atoms with Crippen molar-refractivity contribution in [2.24, 2.45) is 4.99 Å². The van der Waals surface area contributed by atoms with Crippen LogP contribution in [-0.2, 0) is 27.4 Å². The molecule has 0 aliphatic heterocycles. The second kappa shape index (κ2) is 8.63. The number of rotatable bonds is 8. The molecule has 0 saturated carbocycles. The number of carbonyl (C=O) groups excluding carboxylic acids is 1.